The predicted molar refractivity (Wildman–Crippen MR) is 98.5 cm³/mol. The lowest BCUT2D eigenvalue weighted by molar-refractivity contribution is -0.139. The first-order valence-electron chi connectivity index (χ1n) is 8.57. The summed E-state index contributed by atoms with van der Waals surface area (Å²) < 4.78 is 52.0. The Labute approximate surface area is 169 Å². The summed E-state index contributed by atoms with van der Waals surface area (Å²) in [4.78, 5) is 26.9. The molecule has 0 unspecified atom stereocenters. The van der Waals surface area contributed by atoms with Crippen LogP contribution < -0.4 is 4.90 Å². The number of aliphatic hydroxyl groups is 1. The highest BCUT2D eigenvalue weighted by Gasteiger charge is 2.33. The van der Waals surface area contributed by atoms with Crippen LogP contribution in [0.1, 0.15) is 16.7 Å². The summed E-state index contributed by atoms with van der Waals surface area (Å²) in [7, 11) is 1.00. The molecule has 10 heteroatoms. The number of amides is 2. The van der Waals surface area contributed by atoms with Crippen LogP contribution in [-0.2, 0) is 22.3 Å². The largest absolute Gasteiger partial charge is 0.416 e. The molecule has 0 atom stereocenters. The molecule has 158 valence electrons. The highest BCUT2D eigenvalue weighted by molar-refractivity contribution is 6.04. The van der Waals surface area contributed by atoms with Gasteiger partial charge in [0.1, 0.15) is 18.9 Å². The molecule has 1 heterocycles. The minimum atomic E-state index is -4.46. The maximum atomic E-state index is 14.1. The molecule has 1 fully saturated rings. The number of carbonyl (C=O) groups excluding carboxylic acids is 2. The lowest BCUT2D eigenvalue weighted by Crippen LogP contribution is -2.53. The maximum absolute atomic E-state index is 14.1. The first-order valence-corrected chi connectivity index (χ1v) is 8.57. The number of hydrogen-bond acceptors (Lipinski definition) is 4. The molecule has 1 aliphatic rings. The van der Waals surface area contributed by atoms with Gasteiger partial charge in [-0.1, -0.05) is 12.1 Å². The molecule has 1 aliphatic heterocycles. The Morgan fingerprint density at radius 1 is 1.03 bits per heavy atom. The summed E-state index contributed by atoms with van der Waals surface area (Å²) >= 11 is 0. The van der Waals surface area contributed by atoms with Crippen LogP contribution in [0.4, 0.5) is 23.2 Å². The van der Waals surface area contributed by atoms with E-state index in [1.807, 2.05) is 0 Å². The monoisotopic (exact) mass is 423 g/mol. The summed E-state index contributed by atoms with van der Waals surface area (Å²) in [5, 5.41) is 15.8. The fraction of sp³-hybridized carbons (Fsp3) is 0.250. The van der Waals surface area contributed by atoms with Crippen molar-refractivity contribution in [3.05, 3.63) is 65.0 Å². The number of piperazine rings is 1. The third-order valence-corrected chi connectivity index (χ3v) is 4.30. The summed E-state index contributed by atoms with van der Waals surface area (Å²) in [5.41, 5.74) is -0.389. The minimum absolute atomic E-state index is 0.0353. The number of rotatable bonds is 3. The Hall–Kier alpha value is -3.45. The molecule has 2 amide bonds. The lowest BCUT2D eigenvalue weighted by Gasteiger charge is -2.34. The van der Waals surface area contributed by atoms with Crippen LogP contribution in [0.3, 0.4) is 0 Å². The molecule has 0 radical (unpaired) electrons. The van der Waals surface area contributed by atoms with Crippen molar-refractivity contribution in [2.75, 3.05) is 25.1 Å². The Kier molecular flexibility index (Phi) is 7.13. The molecule has 2 aromatic rings. The van der Waals surface area contributed by atoms with Crippen molar-refractivity contribution >= 4 is 17.5 Å². The summed E-state index contributed by atoms with van der Waals surface area (Å²) in [6.45, 7) is -0.770. The van der Waals surface area contributed by atoms with Gasteiger partial charge in [-0.3, -0.25) is 14.5 Å². The number of aliphatic hydroxyl groups excluding tert-OH is 1. The number of nitriles is 1. The molecule has 3 rings (SSSR count). The number of carbonyl (C=O) groups is 2. The minimum Gasteiger partial charge on any atom is -0.400 e. The van der Waals surface area contributed by atoms with E-state index >= 15 is 0 Å². The molecule has 0 spiro atoms. The SMILES string of the molecule is CO.N#Cc1ccc(N2CC(=O)N(Cc3ccc(C(F)(F)F)cc3)CC2=O)c(F)c1. The molecule has 6 nitrogen and oxygen atoms in total. The van der Waals surface area contributed by atoms with E-state index < -0.39 is 35.9 Å². The Balaban J connectivity index is 0.00000155. The van der Waals surface area contributed by atoms with Crippen molar-refractivity contribution < 1.29 is 32.3 Å². The Bertz CT molecular complexity index is 969. The van der Waals surface area contributed by atoms with Crippen molar-refractivity contribution in [3.8, 4) is 6.07 Å². The van der Waals surface area contributed by atoms with E-state index in [1.54, 1.807) is 6.07 Å². The lowest BCUT2D eigenvalue weighted by atomic mass is 10.1. The average Bonchev–Trinajstić information content (AvgIpc) is 2.72. The van der Waals surface area contributed by atoms with Gasteiger partial charge >= 0.3 is 6.18 Å². The van der Waals surface area contributed by atoms with Crippen LogP contribution in [0, 0.1) is 17.1 Å². The van der Waals surface area contributed by atoms with Gasteiger partial charge in [-0.15, -0.1) is 0 Å². The zero-order valence-electron chi connectivity index (χ0n) is 15.8. The van der Waals surface area contributed by atoms with Crippen LogP contribution in [0.2, 0.25) is 0 Å². The molecule has 1 saturated heterocycles. The highest BCUT2D eigenvalue weighted by atomic mass is 19.4. The number of benzene rings is 2. The van der Waals surface area contributed by atoms with Gasteiger partial charge in [-0.2, -0.15) is 18.4 Å². The number of hydrogen-bond donors (Lipinski definition) is 1. The van der Waals surface area contributed by atoms with Gasteiger partial charge in [0.25, 0.3) is 0 Å². The topological polar surface area (TPSA) is 84.6 Å². The van der Waals surface area contributed by atoms with Gasteiger partial charge in [0.2, 0.25) is 11.8 Å². The summed E-state index contributed by atoms with van der Waals surface area (Å²) in [6, 6.07) is 9.64. The molecular formula is C20H17F4N3O3. The van der Waals surface area contributed by atoms with Crippen LogP contribution in [-0.4, -0.2) is 42.0 Å². The normalized spacial score (nSPS) is 14.2. The van der Waals surface area contributed by atoms with E-state index in [2.05, 4.69) is 0 Å². The van der Waals surface area contributed by atoms with Gasteiger partial charge in [0.15, 0.2) is 0 Å². The molecule has 2 aromatic carbocycles. The van der Waals surface area contributed by atoms with Crippen LogP contribution in [0.15, 0.2) is 42.5 Å². The van der Waals surface area contributed by atoms with Crippen molar-refractivity contribution in [2.24, 2.45) is 0 Å². The van der Waals surface area contributed by atoms with Crippen LogP contribution in [0.25, 0.3) is 0 Å². The first kappa shape index (κ1) is 22.8. The van der Waals surface area contributed by atoms with E-state index in [9.17, 15) is 27.2 Å². The number of halogens is 4. The van der Waals surface area contributed by atoms with Gasteiger partial charge in [-0.25, -0.2) is 4.39 Å². The Morgan fingerprint density at radius 3 is 2.20 bits per heavy atom. The van der Waals surface area contributed by atoms with E-state index in [0.717, 1.165) is 30.2 Å². The summed E-state index contributed by atoms with van der Waals surface area (Å²) in [6.07, 6.45) is -4.46. The standard InChI is InChI=1S/C19H13F4N3O2.CH4O/c20-15-7-13(8-24)3-6-16(15)26-11-17(27)25(10-18(26)28)9-12-1-4-14(5-2-12)19(21,22)23;1-2/h1-7H,9-11H2;2H,1H3. The quantitative estimate of drug-likeness (QED) is 0.770. The molecule has 0 saturated carbocycles. The maximum Gasteiger partial charge on any atom is 0.416 e. The third-order valence-electron chi connectivity index (χ3n) is 4.30. The van der Waals surface area contributed by atoms with Gasteiger partial charge in [0.05, 0.1) is 22.9 Å². The predicted octanol–water partition coefficient (Wildman–Crippen LogP) is 2.70. The van der Waals surface area contributed by atoms with Crippen LogP contribution in [0.5, 0.6) is 0 Å². The second-order valence-electron chi connectivity index (χ2n) is 6.20. The molecule has 30 heavy (non-hydrogen) atoms. The van der Waals surface area contributed by atoms with Gasteiger partial charge in [-0.05, 0) is 35.9 Å². The number of alkyl halides is 3. The first-order chi connectivity index (χ1) is 14.2. The van der Waals surface area contributed by atoms with Crippen molar-refractivity contribution in [3.63, 3.8) is 0 Å². The Morgan fingerprint density at radius 2 is 1.67 bits per heavy atom. The van der Waals surface area contributed by atoms with Crippen molar-refractivity contribution in [1.29, 1.82) is 5.26 Å². The average molecular weight is 423 g/mol. The smallest absolute Gasteiger partial charge is 0.400 e. The fourth-order valence-corrected chi connectivity index (χ4v) is 2.84. The second kappa shape index (κ2) is 9.37. The highest BCUT2D eigenvalue weighted by Crippen LogP contribution is 2.29. The number of anilines is 1. The molecule has 0 aliphatic carbocycles. The summed E-state index contributed by atoms with van der Waals surface area (Å²) in [5.74, 6) is -1.80. The fourth-order valence-electron chi connectivity index (χ4n) is 2.84. The van der Waals surface area contributed by atoms with Gasteiger partial charge < -0.3 is 10.0 Å². The molecule has 0 aromatic heterocycles. The second-order valence-corrected chi connectivity index (χ2v) is 6.20. The van der Waals surface area contributed by atoms with Crippen molar-refractivity contribution in [1.82, 2.24) is 4.90 Å². The van der Waals surface area contributed by atoms with E-state index in [0.29, 0.717) is 5.56 Å². The van der Waals surface area contributed by atoms with E-state index in [-0.39, 0.29) is 24.3 Å². The van der Waals surface area contributed by atoms with Crippen molar-refractivity contribution in [2.45, 2.75) is 12.7 Å². The zero-order valence-corrected chi connectivity index (χ0v) is 15.8. The molecule has 0 bridgehead atoms. The molecule has 1 N–H and O–H groups in total. The third kappa shape index (κ3) is 5.12. The van der Waals surface area contributed by atoms with Crippen LogP contribution >= 0.6 is 0 Å². The van der Waals surface area contributed by atoms with E-state index in [1.165, 1.54) is 29.2 Å². The number of nitrogens with zero attached hydrogens (tertiary/aromatic N) is 3. The van der Waals surface area contributed by atoms with E-state index in [4.69, 9.17) is 10.4 Å². The molecular weight excluding hydrogens is 406 g/mol. The van der Waals surface area contributed by atoms with Gasteiger partial charge in [0, 0.05) is 13.7 Å². The zero-order chi connectivity index (χ0) is 22.5.